The van der Waals surface area contributed by atoms with E-state index < -0.39 is 15.8 Å². The van der Waals surface area contributed by atoms with E-state index in [1.54, 1.807) is 17.9 Å². The van der Waals surface area contributed by atoms with Crippen LogP contribution < -0.4 is 14.4 Å². The predicted octanol–water partition coefficient (Wildman–Crippen LogP) is 6.63. The highest BCUT2D eigenvalue weighted by atomic mass is 35.5. The molecule has 282 valence electrons. The minimum Gasteiger partial charge on any atom is -0.490 e. The molecule has 0 saturated heterocycles. The Bertz CT molecular complexity index is 2070. The molecule has 5 aliphatic rings. The molecule has 1 N–H and O–H groups in total. The van der Waals surface area contributed by atoms with E-state index in [2.05, 4.69) is 43.4 Å². The number of anilines is 1. The molecule has 53 heavy (non-hydrogen) atoms. The Morgan fingerprint density at radius 1 is 1.13 bits per heavy atom. The Morgan fingerprint density at radius 3 is 2.81 bits per heavy atom. The third kappa shape index (κ3) is 7.16. The number of allylic oxidation sites excluding steroid dienone is 1. The number of halogens is 1. The SMILES string of the molecule is CO[C@H]1/C=C\C[C@H](C)CS(=O)(NC(=O)[C@H]2CCc3cnn(C)c3C2)=NC(=O)c2ccc3c(c2)N(C[C@@H]2CC[C@H]21)C[C@@]1(CCCc2cc(Cl)ccc21)CO3. The molecular weight excluding hydrogens is 710 g/mol. The number of hydrogen-bond acceptors (Lipinski definition) is 7. The molecule has 1 fully saturated rings. The number of ether oxygens (including phenoxy) is 2. The molecule has 2 bridgehead atoms. The van der Waals surface area contributed by atoms with Gasteiger partial charge in [-0.05, 0) is 116 Å². The lowest BCUT2D eigenvalue weighted by Crippen LogP contribution is -2.49. The average molecular weight is 760 g/mol. The number of benzene rings is 2. The fourth-order valence-electron chi connectivity index (χ4n) is 9.48. The molecule has 2 amide bonds. The number of fused-ring (bicyclic) bond motifs is 5. The van der Waals surface area contributed by atoms with Crippen molar-refractivity contribution in [2.75, 3.05) is 37.5 Å². The van der Waals surface area contributed by atoms with Crippen LogP contribution in [0.2, 0.25) is 5.02 Å². The molecule has 10 nitrogen and oxygen atoms in total. The van der Waals surface area contributed by atoms with Crippen LogP contribution in [0.5, 0.6) is 5.75 Å². The number of aromatic nitrogens is 2. The summed E-state index contributed by atoms with van der Waals surface area (Å²) >= 11 is 6.47. The van der Waals surface area contributed by atoms with Crippen molar-refractivity contribution in [3.05, 3.63) is 87.7 Å². The van der Waals surface area contributed by atoms with Crippen molar-refractivity contribution in [3.8, 4) is 5.75 Å². The summed E-state index contributed by atoms with van der Waals surface area (Å²) in [5.41, 5.74) is 5.61. The van der Waals surface area contributed by atoms with Gasteiger partial charge in [0.15, 0.2) is 0 Å². The highest BCUT2D eigenvalue weighted by Crippen LogP contribution is 2.47. The van der Waals surface area contributed by atoms with Gasteiger partial charge in [0, 0.05) is 61.3 Å². The van der Waals surface area contributed by atoms with Gasteiger partial charge in [0.05, 0.1) is 30.3 Å². The smallest absolute Gasteiger partial charge is 0.286 e. The van der Waals surface area contributed by atoms with Crippen molar-refractivity contribution in [2.24, 2.45) is 35.1 Å². The van der Waals surface area contributed by atoms with E-state index in [1.165, 1.54) is 11.1 Å². The van der Waals surface area contributed by atoms with Crippen LogP contribution >= 0.6 is 11.6 Å². The van der Waals surface area contributed by atoms with Crippen LogP contribution in [-0.4, -0.2) is 64.5 Å². The lowest BCUT2D eigenvalue weighted by Gasteiger charge is -2.46. The van der Waals surface area contributed by atoms with E-state index in [9.17, 15) is 13.8 Å². The van der Waals surface area contributed by atoms with Crippen LogP contribution in [0, 0.1) is 23.7 Å². The summed E-state index contributed by atoms with van der Waals surface area (Å²) in [6.07, 6.45) is 13.7. The Kier molecular flexibility index (Phi) is 9.95. The van der Waals surface area contributed by atoms with Crippen LogP contribution in [0.15, 0.2) is 59.1 Å². The first-order valence-corrected chi connectivity index (χ1v) is 21.2. The van der Waals surface area contributed by atoms with Crippen LogP contribution in [0.4, 0.5) is 5.69 Å². The Balaban J connectivity index is 1.17. The van der Waals surface area contributed by atoms with E-state index in [0.29, 0.717) is 49.0 Å². The van der Waals surface area contributed by atoms with Crippen molar-refractivity contribution in [3.63, 3.8) is 0 Å². The van der Waals surface area contributed by atoms with Crippen molar-refractivity contribution >= 4 is 39.0 Å². The number of hydrogen-bond donors (Lipinski definition) is 1. The normalized spacial score (nSPS) is 31.8. The summed E-state index contributed by atoms with van der Waals surface area (Å²) in [6.45, 7) is 4.02. The first-order valence-electron chi connectivity index (χ1n) is 19.1. The van der Waals surface area contributed by atoms with Crippen molar-refractivity contribution in [2.45, 2.75) is 76.2 Å². The van der Waals surface area contributed by atoms with Crippen LogP contribution in [-0.2, 0) is 51.2 Å². The summed E-state index contributed by atoms with van der Waals surface area (Å²) in [4.78, 5) is 30.3. The van der Waals surface area contributed by atoms with Gasteiger partial charge in [-0.1, -0.05) is 36.7 Å². The van der Waals surface area contributed by atoms with Crippen LogP contribution in [0.25, 0.3) is 0 Å². The number of nitrogens with zero attached hydrogens (tertiary/aromatic N) is 4. The largest absolute Gasteiger partial charge is 0.490 e. The maximum absolute atomic E-state index is 14.7. The molecule has 0 radical (unpaired) electrons. The maximum Gasteiger partial charge on any atom is 0.286 e. The van der Waals surface area contributed by atoms with Gasteiger partial charge in [-0.15, -0.1) is 4.36 Å². The zero-order valence-electron chi connectivity index (χ0n) is 30.9. The Morgan fingerprint density at radius 2 is 2.00 bits per heavy atom. The predicted molar refractivity (Wildman–Crippen MR) is 207 cm³/mol. The number of carbonyl (C=O) groups is 2. The third-order valence-electron chi connectivity index (χ3n) is 12.5. The second kappa shape index (κ2) is 14.5. The third-order valence-corrected chi connectivity index (χ3v) is 14.7. The van der Waals surface area contributed by atoms with Gasteiger partial charge in [0.1, 0.15) is 15.7 Å². The summed E-state index contributed by atoms with van der Waals surface area (Å²) in [5.74, 6) is 0.0544. The first kappa shape index (κ1) is 36.3. The van der Waals surface area contributed by atoms with Gasteiger partial charge < -0.3 is 14.4 Å². The lowest BCUT2D eigenvalue weighted by molar-refractivity contribution is -0.123. The van der Waals surface area contributed by atoms with Gasteiger partial charge in [-0.3, -0.25) is 19.0 Å². The van der Waals surface area contributed by atoms with Gasteiger partial charge >= 0.3 is 0 Å². The van der Waals surface area contributed by atoms with Gasteiger partial charge in [-0.25, -0.2) is 4.21 Å². The highest BCUT2D eigenvalue weighted by molar-refractivity contribution is 7.92. The molecule has 12 heteroatoms. The van der Waals surface area contributed by atoms with Gasteiger partial charge in [0.25, 0.3) is 5.91 Å². The van der Waals surface area contributed by atoms with Crippen LogP contribution in [0.3, 0.4) is 0 Å². The molecule has 3 heterocycles. The summed E-state index contributed by atoms with van der Waals surface area (Å²) in [5, 5.41) is 5.11. The first-order chi connectivity index (χ1) is 25.5. The molecule has 1 spiro atoms. The van der Waals surface area contributed by atoms with E-state index >= 15 is 0 Å². The molecule has 1 saturated carbocycles. The standard InChI is InChI=1S/C41H50ClN5O5S/c1-26-6-4-8-37(51-3)33-14-11-31(33)22-47-24-41(17-5-7-27-18-32(42)13-15-34(27)41)25-52-38-16-12-29(20-36(38)47)40(49)45-53(50,23-26)44-39(48)28-9-10-30-21-43-46(2)35(30)19-28/h4,8,12-13,15-16,18,20-21,26,28,31,33,37H,5-7,9-11,14,17,19,22-25H2,1-3H3,(H,44,45,48,49,50)/b8-4-/t26-,28-,31-,33+,37-,41-,53?/m0/s1. The Labute approximate surface area is 317 Å². The van der Waals surface area contributed by atoms with Crippen molar-refractivity contribution in [1.82, 2.24) is 14.5 Å². The molecule has 2 aromatic carbocycles. The average Bonchev–Trinajstić information content (AvgIpc) is 3.42. The summed E-state index contributed by atoms with van der Waals surface area (Å²) < 4.78 is 36.5. The zero-order valence-corrected chi connectivity index (χ0v) is 32.5. The fraction of sp³-hybridized carbons (Fsp3) is 0.537. The van der Waals surface area contributed by atoms with E-state index in [-0.39, 0.29) is 35.0 Å². The van der Waals surface area contributed by atoms with Crippen molar-refractivity contribution < 1.29 is 23.3 Å². The lowest BCUT2D eigenvalue weighted by atomic mass is 9.68. The quantitative estimate of drug-likeness (QED) is 0.299. The molecule has 8 rings (SSSR count). The molecule has 1 aromatic heterocycles. The molecule has 2 aliphatic heterocycles. The number of amides is 2. The Hall–Kier alpha value is -3.67. The maximum atomic E-state index is 14.7. The monoisotopic (exact) mass is 759 g/mol. The molecule has 1 unspecified atom stereocenters. The molecule has 3 aliphatic carbocycles. The number of nitrogens with one attached hydrogen (secondary N) is 1. The number of rotatable bonds is 3. The van der Waals surface area contributed by atoms with Gasteiger partial charge in [-0.2, -0.15) is 5.10 Å². The van der Waals surface area contributed by atoms with E-state index in [0.717, 1.165) is 73.6 Å². The summed E-state index contributed by atoms with van der Waals surface area (Å²) in [7, 11) is 0.169. The zero-order chi connectivity index (χ0) is 36.9. The second-order valence-electron chi connectivity index (χ2n) is 16.1. The number of aryl methyl sites for hydroxylation is 3. The van der Waals surface area contributed by atoms with Gasteiger partial charge in [0.2, 0.25) is 5.91 Å². The van der Waals surface area contributed by atoms with E-state index in [4.69, 9.17) is 21.1 Å². The topological polar surface area (TPSA) is 115 Å². The fourth-order valence-corrected chi connectivity index (χ4v) is 11.6. The number of carbonyl (C=O) groups excluding carboxylic acids is 2. The van der Waals surface area contributed by atoms with E-state index in [1.807, 2.05) is 38.4 Å². The molecule has 3 aromatic rings. The highest BCUT2D eigenvalue weighted by Gasteiger charge is 2.44. The van der Waals surface area contributed by atoms with Crippen molar-refractivity contribution in [1.29, 1.82) is 0 Å². The molecular formula is C41H50ClN5O5S. The minimum atomic E-state index is -3.48. The summed E-state index contributed by atoms with van der Waals surface area (Å²) in [6, 6.07) is 11.7. The minimum absolute atomic E-state index is 0.0482. The second-order valence-corrected chi connectivity index (χ2v) is 18.5. The number of methoxy groups -OCH3 is 1. The molecule has 7 atom stereocenters. The van der Waals surface area contributed by atoms with Crippen LogP contribution in [0.1, 0.15) is 78.2 Å².